The van der Waals surface area contributed by atoms with Gasteiger partial charge >= 0.3 is 5.97 Å². The molecule has 0 saturated heterocycles. The van der Waals surface area contributed by atoms with Crippen molar-refractivity contribution in [2.75, 3.05) is 18.1 Å². The molecule has 3 rings (SSSR count). The molecule has 0 saturated carbocycles. The lowest BCUT2D eigenvalue weighted by Crippen LogP contribution is -2.03. The van der Waals surface area contributed by atoms with Crippen molar-refractivity contribution in [3.63, 3.8) is 0 Å². The van der Waals surface area contributed by atoms with Crippen molar-refractivity contribution in [3.05, 3.63) is 95.1 Å². The first-order valence-electron chi connectivity index (χ1n) is 11.3. The van der Waals surface area contributed by atoms with Crippen LogP contribution in [-0.2, 0) is 22.6 Å². The third-order valence-electron chi connectivity index (χ3n) is 4.83. The van der Waals surface area contributed by atoms with Crippen molar-refractivity contribution in [2.24, 2.45) is 0 Å². The first-order valence-corrected chi connectivity index (χ1v) is 11.3. The van der Waals surface area contributed by atoms with Crippen molar-refractivity contribution in [2.45, 2.75) is 40.2 Å². The van der Waals surface area contributed by atoms with E-state index in [1.807, 2.05) is 38.1 Å². The van der Waals surface area contributed by atoms with Crippen molar-refractivity contribution >= 4 is 23.4 Å². The van der Waals surface area contributed by atoms with Crippen LogP contribution < -0.4 is 16.2 Å². The van der Waals surface area contributed by atoms with E-state index in [1.165, 1.54) is 17.2 Å². The van der Waals surface area contributed by atoms with Crippen molar-refractivity contribution in [1.29, 1.82) is 0 Å². The lowest BCUT2D eigenvalue weighted by molar-refractivity contribution is -0.138. The zero-order chi connectivity index (χ0) is 24.1. The summed E-state index contributed by atoms with van der Waals surface area (Å²) in [6, 6.07) is 21.3. The Bertz CT molecular complexity index is 1030. The smallest absolute Gasteiger partial charge is 0.331 e. The maximum absolute atomic E-state index is 11.9. The van der Waals surface area contributed by atoms with Gasteiger partial charge in [-0.1, -0.05) is 61.9 Å². The number of rotatable bonds is 9. The molecule has 0 aromatic heterocycles. The van der Waals surface area contributed by atoms with Gasteiger partial charge in [0.2, 0.25) is 0 Å². The zero-order valence-corrected chi connectivity index (χ0v) is 19.7. The summed E-state index contributed by atoms with van der Waals surface area (Å²) in [6.45, 7) is 6.85. The number of ether oxygens (including phenoxy) is 2. The molecule has 0 unspecified atom stereocenters. The van der Waals surface area contributed by atoms with Gasteiger partial charge in [-0.3, -0.25) is 0 Å². The lowest BCUT2D eigenvalue weighted by Gasteiger charge is -2.07. The highest BCUT2D eigenvalue weighted by atomic mass is 16.5. The van der Waals surface area contributed by atoms with Gasteiger partial charge in [0.25, 0.3) is 0 Å². The minimum absolute atomic E-state index is 0.102. The molecule has 0 spiro atoms. The van der Waals surface area contributed by atoms with Gasteiger partial charge in [0.1, 0.15) is 12.4 Å². The number of hydrogen-bond donors (Lipinski definition) is 2. The van der Waals surface area contributed by atoms with Gasteiger partial charge in [-0.15, -0.1) is 0 Å². The van der Waals surface area contributed by atoms with Crippen LogP contribution >= 0.6 is 0 Å². The Hall–Kier alpha value is -3.73. The number of carbonyl (C=O) groups excluding carboxylic acids is 1. The van der Waals surface area contributed by atoms with E-state index in [0.717, 1.165) is 29.7 Å². The number of esters is 1. The number of benzene rings is 3. The van der Waals surface area contributed by atoms with Crippen LogP contribution in [0.2, 0.25) is 0 Å². The van der Waals surface area contributed by atoms with E-state index in [2.05, 4.69) is 31.2 Å². The number of nitrogen functional groups attached to an aromatic ring is 2. The molecule has 0 aliphatic heterocycles. The zero-order valence-electron chi connectivity index (χ0n) is 19.7. The Labute approximate surface area is 197 Å². The van der Waals surface area contributed by atoms with Crippen LogP contribution in [0.4, 0.5) is 11.4 Å². The average molecular weight is 447 g/mol. The molecule has 0 aliphatic carbocycles. The van der Waals surface area contributed by atoms with Crippen molar-refractivity contribution < 1.29 is 14.3 Å². The second-order valence-corrected chi connectivity index (χ2v) is 7.41. The summed E-state index contributed by atoms with van der Waals surface area (Å²) in [6.07, 6.45) is 5.04. The van der Waals surface area contributed by atoms with Crippen LogP contribution in [0.5, 0.6) is 5.75 Å². The Balaban J connectivity index is 0.00000187. The normalized spacial score (nSPS) is 10.4. The number of nitrogens with two attached hydrogens (primary N) is 2. The molecule has 5 heteroatoms. The molecule has 0 amide bonds. The Morgan fingerprint density at radius 2 is 1.64 bits per heavy atom. The minimum Gasteiger partial charge on any atom is -0.494 e. The summed E-state index contributed by atoms with van der Waals surface area (Å²) < 4.78 is 11.0. The standard InChI is InChI=1S/C26H28N2O3.C2H6/c1-19-4-6-20(7-5-19)3-2-16-30-24-13-8-21(9-14-24)10-15-26(29)31-18-22-11-12-23(27)17-25(22)28;1-2/h4-15,17H,2-3,16,18,27-28H2,1H3;1-2H3/b15-10+;. The average Bonchev–Trinajstić information content (AvgIpc) is 2.83. The first kappa shape index (κ1) is 25.5. The fraction of sp³-hybridized carbons (Fsp3) is 0.250. The fourth-order valence-electron chi connectivity index (χ4n) is 3.00. The Morgan fingerprint density at radius 3 is 2.30 bits per heavy atom. The number of aryl methyl sites for hydroxylation is 2. The highest BCUT2D eigenvalue weighted by Gasteiger charge is 2.03. The van der Waals surface area contributed by atoms with Gasteiger partial charge < -0.3 is 20.9 Å². The van der Waals surface area contributed by atoms with Gasteiger partial charge in [-0.05, 0) is 61.2 Å². The van der Waals surface area contributed by atoms with Crippen LogP contribution in [-0.4, -0.2) is 12.6 Å². The molecule has 0 aliphatic rings. The van der Waals surface area contributed by atoms with Crippen LogP contribution in [0.15, 0.2) is 72.8 Å². The van der Waals surface area contributed by atoms with Gasteiger partial charge in [0.15, 0.2) is 0 Å². The van der Waals surface area contributed by atoms with Crippen molar-refractivity contribution in [1.82, 2.24) is 0 Å². The number of carbonyl (C=O) groups is 1. The molecule has 3 aromatic carbocycles. The van der Waals surface area contributed by atoms with Crippen molar-refractivity contribution in [3.8, 4) is 5.75 Å². The van der Waals surface area contributed by atoms with E-state index in [9.17, 15) is 4.79 Å². The molecular weight excluding hydrogens is 412 g/mol. The summed E-state index contributed by atoms with van der Waals surface area (Å²) in [5.41, 5.74) is 16.8. The van der Waals surface area contributed by atoms with Crippen LogP contribution in [0.1, 0.15) is 42.5 Å². The summed E-state index contributed by atoms with van der Waals surface area (Å²) in [5.74, 6) is 0.370. The Morgan fingerprint density at radius 1 is 0.939 bits per heavy atom. The topological polar surface area (TPSA) is 87.6 Å². The Kier molecular flexibility index (Phi) is 10.5. The summed E-state index contributed by atoms with van der Waals surface area (Å²) in [7, 11) is 0. The summed E-state index contributed by atoms with van der Waals surface area (Å²) >= 11 is 0. The molecule has 0 radical (unpaired) electrons. The molecule has 5 nitrogen and oxygen atoms in total. The number of anilines is 2. The van der Waals surface area contributed by atoms with E-state index < -0.39 is 5.97 Å². The lowest BCUT2D eigenvalue weighted by atomic mass is 10.1. The van der Waals surface area contributed by atoms with E-state index in [1.54, 1.807) is 24.3 Å². The third kappa shape index (κ3) is 9.11. The van der Waals surface area contributed by atoms with Gasteiger partial charge in [0, 0.05) is 23.0 Å². The summed E-state index contributed by atoms with van der Waals surface area (Å²) in [5, 5.41) is 0. The molecular formula is C28H34N2O3. The molecule has 174 valence electrons. The highest BCUT2D eigenvalue weighted by molar-refractivity contribution is 5.87. The fourth-order valence-corrected chi connectivity index (χ4v) is 3.00. The summed E-state index contributed by atoms with van der Waals surface area (Å²) in [4.78, 5) is 11.9. The molecule has 0 bridgehead atoms. The molecule has 3 aromatic rings. The van der Waals surface area contributed by atoms with Crippen LogP contribution in [0.3, 0.4) is 0 Å². The minimum atomic E-state index is -0.437. The second kappa shape index (κ2) is 13.6. The predicted molar refractivity (Wildman–Crippen MR) is 137 cm³/mol. The third-order valence-corrected chi connectivity index (χ3v) is 4.83. The maximum atomic E-state index is 11.9. The molecule has 4 N–H and O–H groups in total. The highest BCUT2D eigenvalue weighted by Crippen LogP contribution is 2.17. The first-order chi connectivity index (χ1) is 16.0. The second-order valence-electron chi connectivity index (χ2n) is 7.41. The van der Waals surface area contributed by atoms with E-state index in [0.29, 0.717) is 18.0 Å². The van der Waals surface area contributed by atoms with Gasteiger partial charge in [-0.25, -0.2) is 4.79 Å². The van der Waals surface area contributed by atoms with E-state index in [4.69, 9.17) is 20.9 Å². The van der Waals surface area contributed by atoms with Crippen LogP contribution in [0, 0.1) is 6.92 Å². The number of hydrogen-bond acceptors (Lipinski definition) is 5. The van der Waals surface area contributed by atoms with Gasteiger partial charge in [0.05, 0.1) is 6.61 Å². The van der Waals surface area contributed by atoms with Crippen LogP contribution in [0.25, 0.3) is 6.08 Å². The molecule has 0 fully saturated rings. The molecule has 33 heavy (non-hydrogen) atoms. The predicted octanol–water partition coefficient (Wildman–Crippen LogP) is 5.95. The van der Waals surface area contributed by atoms with E-state index in [-0.39, 0.29) is 6.61 Å². The largest absolute Gasteiger partial charge is 0.494 e. The monoisotopic (exact) mass is 446 g/mol. The SMILES string of the molecule is CC.Cc1ccc(CCCOc2ccc(/C=C/C(=O)OCc3ccc(N)cc3N)cc2)cc1. The molecule has 0 atom stereocenters. The van der Waals surface area contributed by atoms with Gasteiger partial charge in [-0.2, -0.15) is 0 Å². The quantitative estimate of drug-likeness (QED) is 0.183. The van der Waals surface area contributed by atoms with E-state index >= 15 is 0 Å². The molecule has 0 heterocycles. The maximum Gasteiger partial charge on any atom is 0.331 e.